The molecular weight excluding hydrogens is 358 g/mol. The lowest BCUT2D eigenvalue weighted by molar-refractivity contribution is 0.0772. The van der Waals surface area contributed by atoms with Crippen molar-refractivity contribution in [1.82, 2.24) is 15.1 Å². The van der Waals surface area contributed by atoms with Gasteiger partial charge in [0, 0.05) is 32.2 Å². The van der Waals surface area contributed by atoms with Crippen LogP contribution in [0.2, 0.25) is 0 Å². The van der Waals surface area contributed by atoms with Crippen molar-refractivity contribution in [2.75, 3.05) is 33.2 Å². The van der Waals surface area contributed by atoms with Crippen LogP contribution < -0.4 is 5.32 Å². The molecule has 27 heavy (non-hydrogen) atoms. The van der Waals surface area contributed by atoms with Crippen molar-refractivity contribution in [1.29, 1.82) is 0 Å². The van der Waals surface area contributed by atoms with Gasteiger partial charge in [0.25, 0.3) is 11.8 Å². The molecular formula is C21H27N3O2S. The van der Waals surface area contributed by atoms with Crippen molar-refractivity contribution >= 4 is 23.2 Å². The van der Waals surface area contributed by atoms with Crippen LogP contribution in [0.1, 0.15) is 44.9 Å². The first-order valence-corrected chi connectivity index (χ1v) is 10.4. The Hall–Kier alpha value is -2.18. The molecule has 2 heterocycles. The summed E-state index contributed by atoms with van der Waals surface area (Å²) in [5.74, 6) is -0.0243. The van der Waals surface area contributed by atoms with Gasteiger partial charge in [0.15, 0.2) is 0 Å². The summed E-state index contributed by atoms with van der Waals surface area (Å²) in [5, 5.41) is 4.79. The van der Waals surface area contributed by atoms with Crippen molar-refractivity contribution in [3.05, 3.63) is 57.8 Å². The molecule has 3 rings (SSSR count). The SMILES string of the molecule is CN(CCN1CCCCC1)C(=O)c1ccc(CNC(=O)c2cccs2)cc1. The van der Waals surface area contributed by atoms with Gasteiger partial charge in [-0.1, -0.05) is 24.6 Å². The van der Waals surface area contributed by atoms with E-state index in [0.717, 1.165) is 31.7 Å². The molecule has 0 aliphatic carbocycles. The van der Waals surface area contributed by atoms with Crippen LogP contribution >= 0.6 is 11.3 Å². The van der Waals surface area contributed by atoms with Gasteiger partial charge in [0.05, 0.1) is 4.88 Å². The van der Waals surface area contributed by atoms with E-state index in [-0.39, 0.29) is 11.8 Å². The van der Waals surface area contributed by atoms with Crippen molar-refractivity contribution in [2.24, 2.45) is 0 Å². The molecule has 1 aromatic heterocycles. The fourth-order valence-electron chi connectivity index (χ4n) is 3.24. The molecule has 144 valence electrons. The molecule has 0 spiro atoms. The van der Waals surface area contributed by atoms with Crippen LogP contribution in [0.25, 0.3) is 0 Å². The molecule has 1 saturated heterocycles. The van der Waals surface area contributed by atoms with Crippen LogP contribution in [-0.2, 0) is 6.54 Å². The molecule has 1 aromatic carbocycles. The maximum absolute atomic E-state index is 12.6. The number of rotatable bonds is 7. The number of thiophene rings is 1. The number of benzene rings is 1. The van der Waals surface area contributed by atoms with E-state index in [4.69, 9.17) is 0 Å². The number of nitrogens with one attached hydrogen (secondary N) is 1. The number of hydrogen-bond acceptors (Lipinski definition) is 4. The summed E-state index contributed by atoms with van der Waals surface area (Å²) >= 11 is 1.42. The quantitative estimate of drug-likeness (QED) is 0.796. The maximum Gasteiger partial charge on any atom is 0.261 e. The van der Waals surface area contributed by atoms with Crippen LogP contribution in [-0.4, -0.2) is 54.8 Å². The number of carbonyl (C=O) groups excluding carboxylic acids is 2. The Bertz CT molecular complexity index is 737. The average Bonchev–Trinajstić information content (AvgIpc) is 3.26. The monoisotopic (exact) mass is 385 g/mol. The Balaban J connectivity index is 1.46. The zero-order valence-corrected chi connectivity index (χ0v) is 16.6. The van der Waals surface area contributed by atoms with E-state index in [1.54, 1.807) is 4.90 Å². The average molecular weight is 386 g/mol. The minimum absolute atomic E-state index is 0.0428. The second-order valence-electron chi connectivity index (χ2n) is 6.99. The highest BCUT2D eigenvalue weighted by atomic mass is 32.1. The van der Waals surface area contributed by atoms with Crippen LogP contribution in [0.5, 0.6) is 0 Å². The molecule has 0 atom stereocenters. The summed E-state index contributed by atoms with van der Waals surface area (Å²) in [6, 6.07) is 11.2. The Kier molecular flexibility index (Phi) is 7.01. The standard InChI is InChI=1S/C21H27N3O2S/c1-23(13-14-24-11-3-2-4-12-24)21(26)18-9-7-17(8-10-18)16-22-20(25)19-6-5-15-27-19/h5-10,15H,2-4,11-14,16H2,1H3,(H,22,25). The van der Waals surface area contributed by atoms with E-state index in [1.165, 1.54) is 30.6 Å². The van der Waals surface area contributed by atoms with Gasteiger partial charge >= 0.3 is 0 Å². The van der Waals surface area contributed by atoms with Gasteiger partial charge in [-0.15, -0.1) is 11.3 Å². The predicted octanol–water partition coefficient (Wildman–Crippen LogP) is 3.24. The van der Waals surface area contributed by atoms with Crippen molar-refractivity contribution in [3.63, 3.8) is 0 Å². The van der Waals surface area contributed by atoms with Crippen molar-refractivity contribution in [3.8, 4) is 0 Å². The maximum atomic E-state index is 12.6. The molecule has 6 heteroatoms. The zero-order valence-electron chi connectivity index (χ0n) is 15.8. The first kappa shape index (κ1) is 19.6. The first-order chi connectivity index (χ1) is 13.1. The van der Waals surface area contributed by atoms with E-state index >= 15 is 0 Å². The Morgan fingerprint density at radius 3 is 2.52 bits per heavy atom. The van der Waals surface area contributed by atoms with Gasteiger partial charge in [-0.05, 0) is 55.1 Å². The lowest BCUT2D eigenvalue weighted by Crippen LogP contribution is -2.38. The molecule has 1 aliphatic rings. The van der Waals surface area contributed by atoms with E-state index in [9.17, 15) is 9.59 Å². The van der Waals surface area contributed by atoms with Gasteiger partial charge < -0.3 is 15.1 Å². The van der Waals surface area contributed by atoms with Gasteiger partial charge in [0.1, 0.15) is 0 Å². The summed E-state index contributed by atoms with van der Waals surface area (Å²) in [6.45, 7) is 4.43. The molecule has 0 saturated carbocycles. The number of piperidine rings is 1. The molecule has 2 amide bonds. The van der Waals surface area contributed by atoms with Gasteiger partial charge in [-0.25, -0.2) is 0 Å². The molecule has 0 bridgehead atoms. The first-order valence-electron chi connectivity index (χ1n) is 9.52. The van der Waals surface area contributed by atoms with Crippen LogP contribution in [0.4, 0.5) is 0 Å². The third-order valence-corrected chi connectivity index (χ3v) is 5.81. The summed E-state index contributed by atoms with van der Waals surface area (Å²) in [7, 11) is 1.86. The van der Waals surface area contributed by atoms with Crippen LogP contribution in [0.15, 0.2) is 41.8 Å². The normalized spacial score (nSPS) is 14.7. The zero-order chi connectivity index (χ0) is 19.1. The lowest BCUT2D eigenvalue weighted by Gasteiger charge is -2.28. The number of nitrogens with zero attached hydrogens (tertiary/aromatic N) is 2. The number of amides is 2. The number of hydrogen-bond donors (Lipinski definition) is 1. The lowest BCUT2D eigenvalue weighted by atomic mass is 10.1. The van der Waals surface area contributed by atoms with Gasteiger partial charge in [-0.2, -0.15) is 0 Å². The van der Waals surface area contributed by atoms with Gasteiger partial charge in [-0.3, -0.25) is 9.59 Å². The summed E-state index contributed by atoms with van der Waals surface area (Å²) in [6.07, 6.45) is 3.86. The summed E-state index contributed by atoms with van der Waals surface area (Å²) < 4.78 is 0. The van der Waals surface area contributed by atoms with Crippen LogP contribution in [0, 0.1) is 0 Å². The van der Waals surface area contributed by atoms with E-state index in [2.05, 4.69) is 10.2 Å². The van der Waals surface area contributed by atoms with E-state index in [1.807, 2.05) is 48.8 Å². The highest BCUT2D eigenvalue weighted by Crippen LogP contribution is 2.11. The number of likely N-dealkylation sites (N-methyl/N-ethyl adjacent to an activating group) is 1. The molecule has 1 N–H and O–H groups in total. The minimum Gasteiger partial charge on any atom is -0.347 e. The Labute approximate surface area is 165 Å². The molecule has 0 unspecified atom stereocenters. The van der Waals surface area contributed by atoms with Crippen LogP contribution in [0.3, 0.4) is 0 Å². The van der Waals surface area contributed by atoms with Crippen molar-refractivity contribution < 1.29 is 9.59 Å². The third kappa shape index (κ3) is 5.65. The fourth-order valence-corrected chi connectivity index (χ4v) is 3.88. The summed E-state index contributed by atoms with van der Waals surface area (Å²) in [5.41, 5.74) is 1.66. The Morgan fingerprint density at radius 2 is 1.85 bits per heavy atom. The minimum atomic E-state index is -0.0670. The van der Waals surface area contributed by atoms with Gasteiger partial charge in [0.2, 0.25) is 0 Å². The number of likely N-dealkylation sites (tertiary alicyclic amines) is 1. The smallest absolute Gasteiger partial charge is 0.261 e. The summed E-state index contributed by atoms with van der Waals surface area (Å²) in [4.78, 5) is 29.5. The van der Waals surface area contributed by atoms with E-state index in [0.29, 0.717) is 17.0 Å². The molecule has 1 aliphatic heterocycles. The second-order valence-corrected chi connectivity index (χ2v) is 7.93. The molecule has 1 fully saturated rings. The Morgan fingerprint density at radius 1 is 1.11 bits per heavy atom. The predicted molar refractivity (Wildman–Crippen MR) is 109 cm³/mol. The highest BCUT2D eigenvalue weighted by molar-refractivity contribution is 7.12. The third-order valence-electron chi connectivity index (χ3n) is 4.95. The van der Waals surface area contributed by atoms with E-state index < -0.39 is 0 Å². The molecule has 0 radical (unpaired) electrons. The topological polar surface area (TPSA) is 52.6 Å². The van der Waals surface area contributed by atoms with Crippen molar-refractivity contribution in [2.45, 2.75) is 25.8 Å². The molecule has 2 aromatic rings. The second kappa shape index (κ2) is 9.67. The molecule has 5 nitrogen and oxygen atoms in total. The number of carbonyl (C=O) groups is 2. The highest BCUT2D eigenvalue weighted by Gasteiger charge is 2.15. The largest absolute Gasteiger partial charge is 0.347 e. The fraction of sp³-hybridized carbons (Fsp3) is 0.429.